The summed E-state index contributed by atoms with van der Waals surface area (Å²) in [6, 6.07) is 5.14. The maximum Gasteiger partial charge on any atom is 0.0272 e. The second kappa shape index (κ2) is 6.23. The third-order valence-electron chi connectivity index (χ3n) is 8.35. The molecule has 1 unspecified atom stereocenters. The Labute approximate surface area is 166 Å². The van der Waals surface area contributed by atoms with E-state index < -0.39 is 0 Å². The van der Waals surface area contributed by atoms with E-state index in [1.54, 1.807) is 27.8 Å². The van der Waals surface area contributed by atoms with Crippen LogP contribution < -0.4 is 0 Å². The molecule has 0 bridgehead atoms. The average molecular weight is 361 g/mol. The second-order valence-electron chi connectivity index (χ2n) is 9.94. The van der Waals surface area contributed by atoms with E-state index in [4.69, 9.17) is 0 Å². The molecule has 0 saturated heterocycles. The molecule has 0 nitrogen and oxygen atoms in total. The number of allylic oxidation sites excluding steroid dienone is 5. The van der Waals surface area contributed by atoms with Gasteiger partial charge < -0.3 is 0 Å². The largest absolute Gasteiger partial charge is 0.0721 e. The van der Waals surface area contributed by atoms with Gasteiger partial charge in [0.05, 0.1) is 0 Å². The Hall–Kier alpha value is -1.56. The van der Waals surface area contributed by atoms with Crippen molar-refractivity contribution in [2.75, 3.05) is 0 Å². The minimum Gasteiger partial charge on any atom is -0.0721 e. The molecule has 4 rings (SSSR count). The maximum absolute atomic E-state index is 2.61. The Morgan fingerprint density at radius 1 is 0.889 bits per heavy atom. The summed E-state index contributed by atoms with van der Waals surface area (Å²) in [5.41, 5.74) is 12.6. The van der Waals surface area contributed by atoms with Crippen molar-refractivity contribution in [3.63, 3.8) is 0 Å². The molecule has 0 radical (unpaired) electrons. The van der Waals surface area contributed by atoms with E-state index in [9.17, 15) is 0 Å². The molecule has 0 N–H and O–H groups in total. The van der Waals surface area contributed by atoms with Crippen LogP contribution in [0.3, 0.4) is 0 Å². The summed E-state index contributed by atoms with van der Waals surface area (Å²) in [5.74, 6) is 0.662. The Morgan fingerprint density at radius 2 is 1.44 bits per heavy atom. The first-order valence-electron chi connectivity index (χ1n) is 10.9. The molecule has 0 fully saturated rings. The minimum absolute atomic E-state index is 0.0795. The van der Waals surface area contributed by atoms with E-state index in [0.717, 1.165) is 0 Å². The molecule has 1 aromatic rings. The van der Waals surface area contributed by atoms with E-state index in [1.165, 1.54) is 48.8 Å². The molecule has 3 aliphatic rings. The highest BCUT2D eigenvalue weighted by Crippen LogP contribution is 2.63. The van der Waals surface area contributed by atoms with Gasteiger partial charge in [0, 0.05) is 10.8 Å². The van der Waals surface area contributed by atoms with Crippen LogP contribution >= 0.6 is 0 Å². The Morgan fingerprint density at radius 3 is 2.00 bits per heavy atom. The van der Waals surface area contributed by atoms with Crippen LogP contribution in [0.2, 0.25) is 0 Å². The van der Waals surface area contributed by atoms with Crippen molar-refractivity contribution in [2.24, 2.45) is 11.3 Å². The lowest BCUT2D eigenvalue weighted by Gasteiger charge is -2.48. The van der Waals surface area contributed by atoms with Crippen molar-refractivity contribution >= 4 is 6.08 Å². The van der Waals surface area contributed by atoms with Crippen LogP contribution in [0.5, 0.6) is 0 Å². The lowest BCUT2D eigenvalue weighted by atomic mass is 9.54. The smallest absolute Gasteiger partial charge is 0.0272 e. The summed E-state index contributed by atoms with van der Waals surface area (Å²) in [6.07, 6.45) is 11.5. The molecule has 1 aromatic carbocycles. The molecule has 27 heavy (non-hydrogen) atoms. The van der Waals surface area contributed by atoms with Gasteiger partial charge in [0.2, 0.25) is 0 Å². The van der Waals surface area contributed by atoms with Crippen LogP contribution in [-0.4, -0.2) is 0 Å². The fourth-order valence-electron chi connectivity index (χ4n) is 6.38. The molecule has 0 aromatic heterocycles. The first-order valence-corrected chi connectivity index (χ1v) is 10.9. The zero-order valence-corrected chi connectivity index (χ0v) is 18.4. The first-order chi connectivity index (χ1) is 12.7. The van der Waals surface area contributed by atoms with Crippen LogP contribution in [0.15, 0.2) is 40.5 Å². The SMILES string of the molecule is CC1=C(C)C(C)(C2(CC(C)C)C=Cc3cc4c(cc32)CCCC4)C(C)=C1C. The molecule has 0 saturated carbocycles. The monoisotopic (exact) mass is 360 g/mol. The predicted octanol–water partition coefficient (Wildman–Crippen LogP) is 7.57. The first kappa shape index (κ1) is 18.8. The predicted molar refractivity (Wildman–Crippen MR) is 118 cm³/mol. The molecule has 1 atom stereocenters. The standard InChI is InChI=1S/C27H36/c1-17(2)16-27(26(7)20(5)18(3)19(4)21(26)6)13-12-24-14-22-10-8-9-11-23(22)15-25(24)27/h12-15,17H,8-11,16H2,1-7H3. The highest BCUT2D eigenvalue weighted by atomic mass is 14.6. The number of fused-ring (bicyclic) bond motifs is 2. The van der Waals surface area contributed by atoms with Crippen molar-refractivity contribution in [2.45, 2.75) is 86.0 Å². The van der Waals surface area contributed by atoms with Gasteiger partial charge in [-0.05, 0) is 99.1 Å². The van der Waals surface area contributed by atoms with Crippen molar-refractivity contribution in [3.05, 3.63) is 62.8 Å². The van der Waals surface area contributed by atoms with Crippen LogP contribution in [0.25, 0.3) is 6.08 Å². The Bertz CT molecular complexity index is 863. The van der Waals surface area contributed by atoms with Crippen LogP contribution in [0, 0.1) is 11.3 Å². The average Bonchev–Trinajstić information content (AvgIpc) is 3.07. The molecule has 3 aliphatic carbocycles. The van der Waals surface area contributed by atoms with Crippen molar-refractivity contribution in [3.8, 4) is 0 Å². The molecular weight excluding hydrogens is 324 g/mol. The molecule has 0 heterocycles. The molecule has 144 valence electrons. The van der Waals surface area contributed by atoms with Gasteiger partial charge in [0.1, 0.15) is 0 Å². The van der Waals surface area contributed by atoms with Gasteiger partial charge in [-0.3, -0.25) is 0 Å². The summed E-state index contributed by atoms with van der Waals surface area (Å²) >= 11 is 0. The molecule has 0 heteroatoms. The van der Waals surface area contributed by atoms with Crippen LogP contribution in [0.4, 0.5) is 0 Å². The maximum atomic E-state index is 2.61. The molecule has 0 amide bonds. The summed E-state index contributed by atoms with van der Waals surface area (Å²) in [7, 11) is 0. The van der Waals surface area contributed by atoms with Gasteiger partial charge in [0.15, 0.2) is 0 Å². The van der Waals surface area contributed by atoms with E-state index >= 15 is 0 Å². The van der Waals surface area contributed by atoms with Gasteiger partial charge in [-0.2, -0.15) is 0 Å². The third kappa shape index (κ3) is 2.41. The number of benzene rings is 1. The normalized spacial score (nSPS) is 26.2. The zero-order chi connectivity index (χ0) is 19.6. The fourth-order valence-corrected chi connectivity index (χ4v) is 6.38. The minimum atomic E-state index is 0.0795. The third-order valence-corrected chi connectivity index (χ3v) is 8.35. The molecule has 0 aliphatic heterocycles. The van der Waals surface area contributed by atoms with Crippen LogP contribution in [0.1, 0.15) is 90.0 Å². The van der Waals surface area contributed by atoms with E-state index in [0.29, 0.717) is 5.92 Å². The zero-order valence-electron chi connectivity index (χ0n) is 18.4. The summed E-state index contributed by atoms with van der Waals surface area (Å²) in [5, 5.41) is 0. The van der Waals surface area contributed by atoms with E-state index in [2.05, 4.69) is 72.8 Å². The number of rotatable bonds is 3. The highest BCUT2D eigenvalue weighted by Gasteiger charge is 2.55. The topological polar surface area (TPSA) is 0 Å². The lowest BCUT2D eigenvalue weighted by Crippen LogP contribution is -2.43. The van der Waals surface area contributed by atoms with Gasteiger partial charge in [-0.15, -0.1) is 0 Å². The summed E-state index contributed by atoms with van der Waals surface area (Å²) in [6.45, 7) is 16.7. The van der Waals surface area contributed by atoms with Crippen molar-refractivity contribution < 1.29 is 0 Å². The number of aryl methyl sites for hydroxylation is 2. The van der Waals surface area contributed by atoms with Gasteiger partial charge in [0.25, 0.3) is 0 Å². The van der Waals surface area contributed by atoms with E-state index in [-0.39, 0.29) is 10.8 Å². The summed E-state index contributed by atoms with van der Waals surface area (Å²) in [4.78, 5) is 0. The summed E-state index contributed by atoms with van der Waals surface area (Å²) < 4.78 is 0. The van der Waals surface area contributed by atoms with E-state index in [1.807, 2.05) is 0 Å². The Balaban J connectivity index is 1.98. The van der Waals surface area contributed by atoms with Crippen molar-refractivity contribution in [1.82, 2.24) is 0 Å². The van der Waals surface area contributed by atoms with Crippen LogP contribution in [-0.2, 0) is 18.3 Å². The van der Waals surface area contributed by atoms with Gasteiger partial charge in [-0.1, -0.05) is 56.2 Å². The Kier molecular flexibility index (Phi) is 4.33. The highest BCUT2D eigenvalue weighted by molar-refractivity contribution is 5.71. The lowest BCUT2D eigenvalue weighted by molar-refractivity contribution is 0.245. The number of hydrogen-bond acceptors (Lipinski definition) is 0. The fraction of sp³-hybridized carbons (Fsp3) is 0.556. The molecule has 0 spiro atoms. The quantitative estimate of drug-likeness (QED) is 0.521. The molecular formula is C27H36. The van der Waals surface area contributed by atoms with Gasteiger partial charge >= 0.3 is 0 Å². The second-order valence-corrected chi connectivity index (χ2v) is 9.94. The van der Waals surface area contributed by atoms with Gasteiger partial charge in [-0.25, -0.2) is 0 Å². The number of hydrogen-bond donors (Lipinski definition) is 0. The van der Waals surface area contributed by atoms with Crippen molar-refractivity contribution in [1.29, 1.82) is 0 Å².